The Labute approximate surface area is 251 Å². The minimum Gasteiger partial charge on any atom is -0.487 e. The van der Waals surface area contributed by atoms with Crippen molar-refractivity contribution in [2.75, 3.05) is 29.5 Å². The summed E-state index contributed by atoms with van der Waals surface area (Å²) in [6, 6.07) is 14.9. The van der Waals surface area contributed by atoms with Crippen LogP contribution in [-0.4, -0.2) is 50.0 Å². The summed E-state index contributed by atoms with van der Waals surface area (Å²) in [4.78, 5) is 35.6. The maximum atomic E-state index is 13.0. The molecule has 0 saturated heterocycles. The van der Waals surface area contributed by atoms with E-state index < -0.39 is 15.9 Å². The summed E-state index contributed by atoms with van der Waals surface area (Å²) >= 11 is 0. The van der Waals surface area contributed by atoms with Gasteiger partial charge in [0.05, 0.1) is 12.8 Å². The molecule has 11 heteroatoms. The SMILES string of the molecule is Cc1cc(C)c2cccc(OCc3c(C)ccc(N(C)C(=O)CNC(=O)/C=C/c4ccc(NS(C)(=O)=O)nc4)c3C)c2n1. The van der Waals surface area contributed by atoms with Gasteiger partial charge in [0, 0.05) is 36.1 Å². The highest BCUT2D eigenvalue weighted by Crippen LogP contribution is 2.30. The molecular weight excluding hydrogens is 566 g/mol. The molecule has 2 aromatic heterocycles. The lowest BCUT2D eigenvalue weighted by Gasteiger charge is -2.23. The summed E-state index contributed by atoms with van der Waals surface area (Å²) in [6.07, 6.45) is 5.26. The standard InChI is InChI=1S/C32H35N5O5S/c1-20-10-13-27(23(4)26(20)19-42-28-9-7-8-25-21(2)16-22(3)35-32(25)28)37(5)31(39)18-34-30(38)15-12-24-11-14-29(33-17-24)36-43(6,40)41/h7-17H,18-19H2,1-6H3,(H,33,36)(H,34,38)/b15-12+. The predicted octanol–water partition coefficient (Wildman–Crippen LogP) is 4.61. The average molecular weight is 602 g/mol. The van der Waals surface area contributed by atoms with Gasteiger partial charge < -0.3 is 15.0 Å². The van der Waals surface area contributed by atoms with Crippen LogP contribution in [0.25, 0.3) is 17.0 Å². The van der Waals surface area contributed by atoms with Crippen molar-refractivity contribution in [3.63, 3.8) is 0 Å². The quantitative estimate of drug-likeness (QED) is 0.254. The van der Waals surface area contributed by atoms with E-state index in [1.54, 1.807) is 13.1 Å². The van der Waals surface area contributed by atoms with Gasteiger partial charge in [-0.25, -0.2) is 18.4 Å². The summed E-state index contributed by atoms with van der Waals surface area (Å²) in [5.74, 6) is 0.132. The van der Waals surface area contributed by atoms with Crippen LogP contribution in [0.3, 0.4) is 0 Å². The van der Waals surface area contributed by atoms with Crippen LogP contribution >= 0.6 is 0 Å². The number of ether oxygens (including phenoxy) is 1. The van der Waals surface area contributed by atoms with Crippen LogP contribution in [0.2, 0.25) is 0 Å². The van der Waals surface area contributed by atoms with E-state index in [-0.39, 0.29) is 18.3 Å². The number of likely N-dealkylation sites (N-methyl/N-ethyl adjacent to an activating group) is 1. The molecule has 4 rings (SSSR count). The number of fused-ring (bicyclic) bond motifs is 1. The van der Waals surface area contributed by atoms with Gasteiger partial charge in [-0.05, 0) is 91.9 Å². The van der Waals surface area contributed by atoms with Crippen LogP contribution in [0.15, 0.2) is 60.8 Å². The van der Waals surface area contributed by atoms with Crippen LogP contribution in [0.1, 0.15) is 33.5 Å². The lowest BCUT2D eigenvalue weighted by molar-refractivity contribution is -0.122. The number of hydrogen-bond donors (Lipinski definition) is 2. The van der Waals surface area contributed by atoms with Crippen LogP contribution < -0.4 is 19.7 Å². The Morgan fingerprint density at radius 2 is 1.79 bits per heavy atom. The van der Waals surface area contributed by atoms with Crippen LogP contribution in [0.4, 0.5) is 11.5 Å². The van der Waals surface area contributed by atoms with Crippen LogP contribution in [-0.2, 0) is 26.2 Å². The molecule has 0 aliphatic heterocycles. The highest BCUT2D eigenvalue weighted by atomic mass is 32.2. The second-order valence-corrected chi connectivity index (χ2v) is 12.1. The first-order valence-corrected chi connectivity index (χ1v) is 15.5. The van der Waals surface area contributed by atoms with E-state index in [9.17, 15) is 18.0 Å². The van der Waals surface area contributed by atoms with Crippen molar-refractivity contribution in [3.8, 4) is 5.75 Å². The molecule has 0 saturated carbocycles. The zero-order chi connectivity index (χ0) is 31.3. The Hall–Kier alpha value is -4.77. The topological polar surface area (TPSA) is 131 Å². The molecule has 0 bridgehead atoms. The van der Waals surface area contributed by atoms with Crippen LogP contribution in [0, 0.1) is 27.7 Å². The number of hydrogen-bond acceptors (Lipinski definition) is 7. The number of aryl methyl sites for hydroxylation is 3. The molecule has 43 heavy (non-hydrogen) atoms. The Morgan fingerprint density at radius 3 is 2.49 bits per heavy atom. The van der Waals surface area contributed by atoms with Crippen molar-refractivity contribution in [1.82, 2.24) is 15.3 Å². The predicted molar refractivity (Wildman–Crippen MR) is 170 cm³/mol. The number of carbonyl (C=O) groups is 2. The van der Waals surface area contributed by atoms with Crippen molar-refractivity contribution in [3.05, 3.63) is 94.3 Å². The van der Waals surface area contributed by atoms with E-state index in [1.165, 1.54) is 29.3 Å². The first kappa shape index (κ1) is 31.2. The number of sulfonamides is 1. The van der Waals surface area contributed by atoms with Crippen molar-refractivity contribution in [2.45, 2.75) is 34.3 Å². The lowest BCUT2D eigenvalue weighted by Crippen LogP contribution is -2.38. The number of aromatic nitrogens is 2. The van der Waals surface area contributed by atoms with E-state index in [4.69, 9.17) is 9.72 Å². The van der Waals surface area contributed by atoms with Gasteiger partial charge in [-0.3, -0.25) is 14.3 Å². The lowest BCUT2D eigenvalue weighted by atomic mass is 10.0. The van der Waals surface area contributed by atoms with Gasteiger partial charge in [-0.15, -0.1) is 0 Å². The van der Waals surface area contributed by atoms with Gasteiger partial charge in [0.15, 0.2) is 0 Å². The number of nitrogens with zero attached hydrogens (tertiary/aromatic N) is 3. The normalized spacial score (nSPS) is 11.5. The summed E-state index contributed by atoms with van der Waals surface area (Å²) in [5.41, 5.74) is 7.11. The Kier molecular flexibility index (Phi) is 9.45. The molecule has 2 amide bonds. The second kappa shape index (κ2) is 13.0. The number of amides is 2. The molecule has 0 unspecified atom stereocenters. The van der Waals surface area contributed by atoms with Gasteiger partial charge in [-0.1, -0.05) is 18.2 Å². The number of benzene rings is 2. The average Bonchev–Trinajstić information content (AvgIpc) is 2.94. The molecule has 2 aromatic carbocycles. The number of nitrogens with one attached hydrogen (secondary N) is 2. The third-order valence-electron chi connectivity index (χ3n) is 6.97. The summed E-state index contributed by atoms with van der Waals surface area (Å²) in [6.45, 7) is 8.09. The largest absolute Gasteiger partial charge is 0.487 e. The van der Waals surface area contributed by atoms with Gasteiger partial charge in [0.25, 0.3) is 0 Å². The number of rotatable bonds is 10. The van der Waals surface area contributed by atoms with Gasteiger partial charge in [-0.2, -0.15) is 0 Å². The molecule has 0 aliphatic rings. The van der Waals surface area contributed by atoms with Gasteiger partial charge >= 0.3 is 0 Å². The molecule has 0 spiro atoms. The van der Waals surface area contributed by atoms with Gasteiger partial charge in [0.1, 0.15) is 23.7 Å². The highest BCUT2D eigenvalue weighted by molar-refractivity contribution is 7.92. The summed E-state index contributed by atoms with van der Waals surface area (Å²) in [5, 5.41) is 3.65. The monoisotopic (exact) mass is 601 g/mol. The van der Waals surface area contributed by atoms with E-state index >= 15 is 0 Å². The van der Waals surface area contributed by atoms with E-state index in [0.29, 0.717) is 17.9 Å². The fourth-order valence-electron chi connectivity index (χ4n) is 4.69. The van der Waals surface area contributed by atoms with E-state index in [1.807, 2.05) is 51.1 Å². The third-order valence-corrected chi connectivity index (χ3v) is 7.55. The third kappa shape index (κ3) is 7.95. The molecule has 10 nitrogen and oxygen atoms in total. The zero-order valence-electron chi connectivity index (χ0n) is 25.1. The smallest absolute Gasteiger partial charge is 0.246 e. The number of pyridine rings is 2. The Balaban J connectivity index is 1.39. The fourth-order valence-corrected chi connectivity index (χ4v) is 5.19. The number of carbonyl (C=O) groups excluding carboxylic acids is 2. The maximum Gasteiger partial charge on any atom is 0.246 e. The molecule has 0 radical (unpaired) electrons. The zero-order valence-corrected chi connectivity index (χ0v) is 25.9. The highest BCUT2D eigenvalue weighted by Gasteiger charge is 2.17. The minimum atomic E-state index is -3.43. The molecule has 2 heterocycles. The molecule has 0 atom stereocenters. The Bertz CT molecular complexity index is 1820. The van der Waals surface area contributed by atoms with Crippen molar-refractivity contribution in [2.24, 2.45) is 0 Å². The molecule has 2 N–H and O–H groups in total. The summed E-state index contributed by atoms with van der Waals surface area (Å²) < 4.78 is 31.1. The minimum absolute atomic E-state index is 0.176. The molecule has 0 fully saturated rings. The van der Waals surface area contributed by atoms with E-state index in [2.05, 4.69) is 28.0 Å². The molecule has 0 aliphatic carbocycles. The first-order chi connectivity index (χ1) is 20.3. The van der Waals surface area contributed by atoms with E-state index in [0.717, 1.165) is 50.8 Å². The molecule has 224 valence electrons. The van der Waals surface area contributed by atoms with Crippen molar-refractivity contribution in [1.29, 1.82) is 0 Å². The van der Waals surface area contributed by atoms with Crippen LogP contribution in [0.5, 0.6) is 5.75 Å². The fraction of sp³-hybridized carbons (Fsp3) is 0.250. The number of anilines is 2. The van der Waals surface area contributed by atoms with Gasteiger partial charge in [0.2, 0.25) is 21.8 Å². The maximum absolute atomic E-state index is 13.0. The Morgan fingerprint density at radius 1 is 1.02 bits per heavy atom. The number of para-hydroxylation sites is 1. The molecular formula is C32H35N5O5S. The summed E-state index contributed by atoms with van der Waals surface area (Å²) in [7, 11) is -1.76. The second-order valence-electron chi connectivity index (χ2n) is 10.4. The first-order valence-electron chi connectivity index (χ1n) is 13.6. The molecule has 4 aromatic rings. The van der Waals surface area contributed by atoms with Crippen molar-refractivity contribution < 1.29 is 22.7 Å². The van der Waals surface area contributed by atoms with Crippen molar-refractivity contribution >= 4 is 50.3 Å².